The van der Waals surface area contributed by atoms with E-state index >= 15 is 0 Å². The Morgan fingerprint density at radius 3 is 2.90 bits per heavy atom. The van der Waals surface area contributed by atoms with Crippen molar-refractivity contribution in [3.8, 4) is 0 Å². The molecular weight excluding hydrogens is 177 g/mol. The summed E-state index contributed by atoms with van der Waals surface area (Å²) < 4.78 is 4.81. The van der Waals surface area contributed by atoms with Gasteiger partial charge in [0.1, 0.15) is 6.61 Å². The molecule has 0 atom stereocenters. The number of hydrogen-bond donors (Lipinski definition) is 1. The van der Waals surface area contributed by atoms with Crippen LogP contribution in [0, 0.1) is 0 Å². The molecule has 0 aromatic carbocycles. The third-order valence-corrected chi connectivity index (χ3v) is 0.809. The van der Waals surface area contributed by atoms with E-state index in [0.29, 0.717) is 6.61 Å². The highest BCUT2D eigenvalue weighted by molar-refractivity contribution is 5.85. The maximum Gasteiger partial charge on any atom is 0.249 e. The standard InChI is InChI=1S/C5H7NO2.2ClH/c7-5-4-8-3-1-2-6-5;;/h1-2H,3-4H2,(H,6,7);2*1H. The zero-order valence-electron chi connectivity index (χ0n) is 5.20. The van der Waals surface area contributed by atoms with Crippen LogP contribution in [0.2, 0.25) is 0 Å². The Balaban J connectivity index is 0. The summed E-state index contributed by atoms with van der Waals surface area (Å²) >= 11 is 0. The van der Waals surface area contributed by atoms with Crippen molar-refractivity contribution >= 4 is 30.7 Å². The van der Waals surface area contributed by atoms with Crippen molar-refractivity contribution in [2.75, 3.05) is 13.2 Å². The summed E-state index contributed by atoms with van der Waals surface area (Å²) in [6.45, 7) is 0.700. The van der Waals surface area contributed by atoms with Crippen LogP contribution in [0.4, 0.5) is 0 Å². The lowest BCUT2D eigenvalue weighted by molar-refractivity contribution is -0.123. The molecule has 60 valence electrons. The first-order chi connectivity index (χ1) is 3.89. The number of amides is 1. The van der Waals surface area contributed by atoms with E-state index in [2.05, 4.69) is 5.32 Å². The highest BCUT2D eigenvalue weighted by atomic mass is 35.5. The molecule has 0 aromatic rings. The molecule has 1 aliphatic heterocycles. The van der Waals surface area contributed by atoms with Crippen molar-refractivity contribution in [1.82, 2.24) is 5.32 Å². The fourth-order valence-corrected chi connectivity index (χ4v) is 0.461. The molecule has 1 rings (SSSR count). The summed E-state index contributed by atoms with van der Waals surface area (Å²) in [5.41, 5.74) is 0. The van der Waals surface area contributed by atoms with Gasteiger partial charge in [-0.2, -0.15) is 0 Å². The molecule has 0 aromatic heterocycles. The minimum absolute atomic E-state index is 0. The van der Waals surface area contributed by atoms with Crippen molar-refractivity contribution in [2.24, 2.45) is 0 Å². The number of ether oxygens (including phenoxy) is 1. The smallest absolute Gasteiger partial charge is 0.249 e. The van der Waals surface area contributed by atoms with E-state index in [1.165, 1.54) is 0 Å². The lowest BCUT2D eigenvalue weighted by Gasteiger charge is -1.92. The molecule has 5 heteroatoms. The van der Waals surface area contributed by atoms with Gasteiger partial charge in [0, 0.05) is 6.20 Å². The average Bonchev–Trinajstić information content (AvgIpc) is 1.94. The van der Waals surface area contributed by atoms with Gasteiger partial charge >= 0.3 is 0 Å². The van der Waals surface area contributed by atoms with Crippen LogP contribution < -0.4 is 5.32 Å². The minimum atomic E-state index is -0.0845. The van der Waals surface area contributed by atoms with Crippen molar-refractivity contribution in [3.63, 3.8) is 0 Å². The average molecular weight is 186 g/mol. The fourth-order valence-electron chi connectivity index (χ4n) is 0.461. The largest absolute Gasteiger partial charge is 0.368 e. The quantitative estimate of drug-likeness (QED) is 0.597. The van der Waals surface area contributed by atoms with Gasteiger partial charge in [0.15, 0.2) is 0 Å². The second-order valence-corrected chi connectivity index (χ2v) is 1.49. The molecular formula is C5H9Cl2NO2. The van der Waals surface area contributed by atoms with Gasteiger partial charge in [-0.05, 0) is 6.08 Å². The van der Waals surface area contributed by atoms with Crippen molar-refractivity contribution in [1.29, 1.82) is 0 Å². The summed E-state index contributed by atoms with van der Waals surface area (Å²) in [6.07, 6.45) is 3.35. The van der Waals surface area contributed by atoms with Gasteiger partial charge in [0.2, 0.25) is 5.91 Å². The number of rotatable bonds is 0. The molecule has 1 N–H and O–H groups in total. The third kappa shape index (κ3) is 4.61. The van der Waals surface area contributed by atoms with Crippen molar-refractivity contribution < 1.29 is 9.53 Å². The normalized spacial score (nSPS) is 15.8. The summed E-state index contributed by atoms with van der Waals surface area (Å²) in [5, 5.41) is 2.50. The van der Waals surface area contributed by atoms with Crippen LogP contribution in [-0.2, 0) is 9.53 Å². The van der Waals surface area contributed by atoms with Crippen LogP contribution in [0.1, 0.15) is 0 Å². The maximum atomic E-state index is 10.4. The monoisotopic (exact) mass is 185 g/mol. The Bertz CT molecular complexity index is 127. The van der Waals surface area contributed by atoms with Crippen LogP contribution in [0.15, 0.2) is 12.3 Å². The third-order valence-electron chi connectivity index (χ3n) is 0.809. The van der Waals surface area contributed by atoms with Gasteiger partial charge in [-0.15, -0.1) is 24.8 Å². The van der Waals surface area contributed by atoms with Crippen LogP contribution in [0.25, 0.3) is 0 Å². The summed E-state index contributed by atoms with van der Waals surface area (Å²) in [6, 6.07) is 0. The predicted octanol–water partition coefficient (Wildman–Crippen LogP) is 0.490. The summed E-state index contributed by atoms with van der Waals surface area (Å²) in [5.74, 6) is -0.0845. The SMILES string of the molecule is Cl.Cl.O=C1COCC=CN1. The number of halogens is 2. The Kier molecular flexibility index (Phi) is 8.53. The molecule has 1 heterocycles. The fraction of sp³-hybridized carbons (Fsp3) is 0.400. The van der Waals surface area contributed by atoms with E-state index in [9.17, 15) is 4.79 Å². The zero-order valence-corrected chi connectivity index (χ0v) is 6.83. The number of carbonyl (C=O) groups excluding carboxylic acids is 1. The minimum Gasteiger partial charge on any atom is -0.368 e. The zero-order chi connectivity index (χ0) is 5.82. The Labute approximate surface area is 71.6 Å². The van der Waals surface area contributed by atoms with E-state index in [0.717, 1.165) is 0 Å². The van der Waals surface area contributed by atoms with E-state index < -0.39 is 0 Å². The predicted molar refractivity (Wildman–Crippen MR) is 42.6 cm³/mol. The van der Waals surface area contributed by atoms with Gasteiger partial charge in [0.05, 0.1) is 6.61 Å². The molecule has 0 bridgehead atoms. The summed E-state index contributed by atoms with van der Waals surface area (Å²) in [4.78, 5) is 10.4. The lowest BCUT2D eigenvalue weighted by atomic mass is 10.6. The first kappa shape index (κ1) is 12.4. The highest BCUT2D eigenvalue weighted by Crippen LogP contribution is 1.81. The number of hydrogen-bond acceptors (Lipinski definition) is 2. The molecule has 0 radical (unpaired) electrons. The van der Waals surface area contributed by atoms with Crippen molar-refractivity contribution in [3.05, 3.63) is 12.3 Å². The topological polar surface area (TPSA) is 38.3 Å². The van der Waals surface area contributed by atoms with Crippen LogP contribution in [-0.4, -0.2) is 19.1 Å². The molecule has 1 aliphatic rings. The first-order valence-electron chi connectivity index (χ1n) is 2.42. The first-order valence-corrected chi connectivity index (χ1v) is 2.42. The second-order valence-electron chi connectivity index (χ2n) is 1.49. The highest BCUT2D eigenvalue weighted by Gasteiger charge is 1.98. The summed E-state index contributed by atoms with van der Waals surface area (Å²) in [7, 11) is 0. The van der Waals surface area contributed by atoms with Gasteiger partial charge in [-0.3, -0.25) is 4.79 Å². The molecule has 0 fully saturated rings. The number of nitrogens with one attached hydrogen (secondary N) is 1. The molecule has 0 unspecified atom stereocenters. The molecule has 0 saturated carbocycles. The van der Waals surface area contributed by atoms with E-state index in [1.54, 1.807) is 12.3 Å². The van der Waals surface area contributed by atoms with Crippen LogP contribution in [0.5, 0.6) is 0 Å². The van der Waals surface area contributed by atoms with Gasteiger partial charge in [-0.1, -0.05) is 0 Å². The van der Waals surface area contributed by atoms with Crippen molar-refractivity contribution in [2.45, 2.75) is 0 Å². The van der Waals surface area contributed by atoms with Gasteiger partial charge in [-0.25, -0.2) is 0 Å². The molecule has 1 amide bonds. The van der Waals surface area contributed by atoms with Gasteiger partial charge < -0.3 is 10.1 Å². The van der Waals surface area contributed by atoms with Crippen LogP contribution >= 0.6 is 24.8 Å². The number of carbonyl (C=O) groups is 1. The second kappa shape index (κ2) is 6.86. The molecule has 0 spiro atoms. The Morgan fingerprint density at radius 2 is 2.20 bits per heavy atom. The van der Waals surface area contributed by atoms with Gasteiger partial charge in [0.25, 0.3) is 0 Å². The Morgan fingerprint density at radius 1 is 1.50 bits per heavy atom. The van der Waals surface area contributed by atoms with E-state index in [4.69, 9.17) is 4.74 Å². The van der Waals surface area contributed by atoms with E-state index in [-0.39, 0.29) is 37.3 Å². The molecule has 3 nitrogen and oxygen atoms in total. The Hall–Kier alpha value is -0.250. The van der Waals surface area contributed by atoms with Crippen LogP contribution in [0.3, 0.4) is 0 Å². The van der Waals surface area contributed by atoms with E-state index in [1.807, 2.05) is 0 Å². The molecule has 10 heavy (non-hydrogen) atoms. The molecule has 0 aliphatic carbocycles. The maximum absolute atomic E-state index is 10.4. The lowest BCUT2D eigenvalue weighted by Crippen LogP contribution is -2.19. The molecule has 0 saturated heterocycles.